The van der Waals surface area contributed by atoms with Gasteiger partial charge in [-0.05, 0) is 31.9 Å². The van der Waals surface area contributed by atoms with Gasteiger partial charge in [-0.1, -0.05) is 35.9 Å². The number of benzene rings is 2. The SMILES string of the molecule is CCOc1c(CC(C)N)cc(Cl)c2ccccc12. The third-order valence-corrected chi connectivity index (χ3v) is 3.16. The molecular formula is C15H18ClNO. The number of hydrogen-bond acceptors (Lipinski definition) is 2. The topological polar surface area (TPSA) is 35.2 Å². The van der Waals surface area contributed by atoms with Gasteiger partial charge in [0.05, 0.1) is 6.61 Å². The highest BCUT2D eigenvalue weighted by Crippen LogP contribution is 2.35. The van der Waals surface area contributed by atoms with Crippen LogP contribution in [0.15, 0.2) is 30.3 Å². The zero-order valence-corrected chi connectivity index (χ0v) is 11.5. The molecule has 0 bridgehead atoms. The molecule has 0 amide bonds. The van der Waals surface area contributed by atoms with E-state index in [1.54, 1.807) is 0 Å². The monoisotopic (exact) mass is 263 g/mol. The van der Waals surface area contributed by atoms with E-state index < -0.39 is 0 Å². The van der Waals surface area contributed by atoms with Crippen LogP contribution in [-0.4, -0.2) is 12.6 Å². The molecule has 0 radical (unpaired) electrons. The highest BCUT2D eigenvalue weighted by Gasteiger charge is 2.13. The molecule has 0 saturated carbocycles. The van der Waals surface area contributed by atoms with Gasteiger partial charge < -0.3 is 10.5 Å². The second-order valence-electron chi connectivity index (χ2n) is 4.51. The van der Waals surface area contributed by atoms with E-state index in [1.807, 2.05) is 44.2 Å². The molecule has 2 aromatic rings. The quantitative estimate of drug-likeness (QED) is 0.911. The molecule has 0 saturated heterocycles. The first-order chi connectivity index (χ1) is 8.63. The zero-order chi connectivity index (χ0) is 13.1. The number of hydrogen-bond donors (Lipinski definition) is 1. The van der Waals surface area contributed by atoms with Crippen molar-refractivity contribution in [2.24, 2.45) is 5.73 Å². The van der Waals surface area contributed by atoms with Crippen molar-refractivity contribution in [3.8, 4) is 5.75 Å². The Bertz CT molecular complexity index is 551. The summed E-state index contributed by atoms with van der Waals surface area (Å²) in [7, 11) is 0. The lowest BCUT2D eigenvalue weighted by Crippen LogP contribution is -2.18. The number of fused-ring (bicyclic) bond motifs is 1. The molecule has 2 rings (SSSR count). The van der Waals surface area contributed by atoms with Crippen LogP contribution >= 0.6 is 11.6 Å². The molecule has 1 unspecified atom stereocenters. The summed E-state index contributed by atoms with van der Waals surface area (Å²) in [5.74, 6) is 0.912. The zero-order valence-electron chi connectivity index (χ0n) is 10.7. The van der Waals surface area contributed by atoms with E-state index >= 15 is 0 Å². The van der Waals surface area contributed by atoms with Gasteiger partial charge in [-0.2, -0.15) is 0 Å². The number of ether oxygens (including phenoxy) is 1. The predicted octanol–water partition coefficient (Wildman–Crippen LogP) is 3.78. The summed E-state index contributed by atoms with van der Waals surface area (Å²) in [5, 5.41) is 2.84. The van der Waals surface area contributed by atoms with Gasteiger partial charge >= 0.3 is 0 Å². The minimum atomic E-state index is 0.0847. The van der Waals surface area contributed by atoms with Crippen molar-refractivity contribution in [2.75, 3.05) is 6.61 Å². The average Bonchev–Trinajstić information content (AvgIpc) is 2.33. The van der Waals surface area contributed by atoms with Gasteiger partial charge in [-0.3, -0.25) is 0 Å². The lowest BCUT2D eigenvalue weighted by Gasteiger charge is -2.16. The summed E-state index contributed by atoms with van der Waals surface area (Å²) < 4.78 is 5.79. The van der Waals surface area contributed by atoms with Crippen LogP contribution in [0.3, 0.4) is 0 Å². The molecule has 0 aliphatic carbocycles. The van der Waals surface area contributed by atoms with Crippen molar-refractivity contribution in [1.29, 1.82) is 0 Å². The number of halogens is 1. The maximum atomic E-state index is 6.32. The highest BCUT2D eigenvalue weighted by atomic mass is 35.5. The number of nitrogens with two attached hydrogens (primary N) is 1. The van der Waals surface area contributed by atoms with Gasteiger partial charge in [0, 0.05) is 21.8 Å². The summed E-state index contributed by atoms with van der Waals surface area (Å²) in [4.78, 5) is 0. The van der Waals surface area contributed by atoms with Crippen LogP contribution in [0.5, 0.6) is 5.75 Å². The van der Waals surface area contributed by atoms with E-state index in [4.69, 9.17) is 22.1 Å². The van der Waals surface area contributed by atoms with Gasteiger partial charge in [0.1, 0.15) is 5.75 Å². The van der Waals surface area contributed by atoms with Crippen LogP contribution in [0, 0.1) is 0 Å². The van der Waals surface area contributed by atoms with Crippen molar-refractivity contribution in [3.63, 3.8) is 0 Å². The first-order valence-corrected chi connectivity index (χ1v) is 6.59. The summed E-state index contributed by atoms with van der Waals surface area (Å²) in [5.41, 5.74) is 6.96. The Morgan fingerprint density at radius 3 is 2.56 bits per heavy atom. The summed E-state index contributed by atoms with van der Waals surface area (Å²) in [6.07, 6.45) is 0.764. The Morgan fingerprint density at radius 2 is 1.94 bits per heavy atom. The molecular weight excluding hydrogens is 246 g/mol. The van der Waals surface area contributed by atoms with Crippen LogP contribution < -0.4 is 10.5 Å². The van der Waals surface area contributed by atoms with Crippen LogP contribution in [0.4, 0.5) is 0 Å². The largest absolute Gasteiger partial charge is 0.493 e. The molecule has 18 heavy (non-hydrogen) atoms. The van der Waals surface area contributed by atoms with Gasteiger partial charge in [-0.15, -0.1) is 0 Å². The molecule has 0 aliphatic heterocycles. The van der Waals surface area contributed by atoms with E-state index in [-0.39, 0.29) is 6.04 Å². The summed E-state index contributed by atoms with van der Waals surface area (Å²) >= 11 is 6.32. The average molecular weight is 264 g/mol. The lowest BCUT2D eigenvalue weighted by atomic mass is 10.0. The van der Waals surface area contributed by atoms with Crippen LogP contribution in [-0.2, 0) is 6.42 Å². The van der Waals surface area contributed by atoms with Crippen LogP contribution in [0.2, 0.25) is 5.02 Å². The maximum Gasteiger partial charge on any atom is 0.130 e. The van der Waals surface area contributed by atoms with Crippen molar-refractivity contribution in [1.82, 2.24) is 0 Å². The van der Waals surface area contributed by atoms with Gasteiger partial charge in [0.15, 0.2) is 0 Å². The van der Waals surface area contributed by atoms with E-state index in [0.29, 0.717) is 6.61 Å². The Labute approximate surface area is 113 Å². The van der Waals surface area contributed by atoms with Gasteiger partial charge in [-0.25, -0.2) is 0 Å². The third kappa shape index (κ3) is 2.60. The van der Waals surface area contributed by atoms with Crippen molar-refractivity contribution < 1.29 is 4.74 Å². The van der Waals surface area contributed by atoms with Crippen LogP contribution in [0.1, 0.15) is 19.4 Å². The fraction of sp³-hybridized carbons (Fsp3) is 0.333. The third-order valence-electron chi connectivity index (χ3n) is 2.85. The molecule has 0 spiro atoms. The molecule has 0 fully saturated rings. The molecule has 0 aliphatic rings. The standard InChI is InChI=1S/C15H18ClNO/c1-3-18-15-11(8-10(2)17)9-14(16)12-6-4-5-7-13(12)15/h4-7,9-10H,3,8,17H2,1-2H3. The van der Waals surface area contributed by atoms with Crippen molar-refractivity contribution >= 4 is 22.4 Å². The molecule has 2 N–H and O–H groups in total. The molecule has 1 atom stereocenters. The van der Waals surface area contributed by atoms with E-state index in [2.05, 4.69) is 0 Å². The molecule has 96 valence electrons. The van der Waals surface area contributed by atoms with E-state index in [9.17, 15) is 0 Å². The minimum Gasteiger partial charge on any atom is -0.493 e. The van der Waals surface area contributed by atoms with E-state index in [1.165, 1.54) is 0 Å². The number of rotatable bonds is 4. The van der Waals surface area contributed by atoms with Gasteiger partial charge in [0.25, 0.3) is 0 Å². The second-order valence-corrected chi connectivity index (χ2v) is 4.91. The van der Waals surface area contributed by atoms with E-state index in [0.717, 1.165) is 33.5 Å². The summed E-state index contributed by atoms with van der Waals surface area (Å²) in [6, 6.07) is 10.1. The Hall–Kier alpha value is -1.25. The van der Waals surface area contributed by atoms with Crippen molar-refractivity contribution in [3.05, 3.63) is 40.9 Å². The lowest BCUT2D eigenvalue weighted by molar-refractivity contribution is 0.340. The smallest absolute Gasteiger partial charge is 0.130 e. The first-order valence-electron chi connectivity index (χ1n) is 6.22. The molecule has 0 aromatic heterocycles. The van der Waals surface area contributed by atoms with Crippen molar-refractivity contribution in [2.45, 2.75) is 26.3 Å². The predicted molar refractivity (Wildman–Crippen MR) is 77.5 cm³/mol. The van der Waals surface area contributed by atoms with Crippen LogP contribution in [0.25, 0.3) is 10.8 Å². The molecule has 2 nitrogen and oxygen atoms in total. The minimum absolute atomic E-state index is 0.0847. The fourth-order valence-corrected chi connectivity index (χ4v) is 2.47. The molecule has 3 heteroatoms. The Kier molecular flexibility index (Phi) is 4.10. The van der Waals surface area contributed by atoms with Gasteiger partial charge in [0.2, 0.25) is 0 Å². The fourth-order valence-electron chi connectivity index (χ4n) is 2.17. The second kappa shape index (κ2) is 5.59. The summed E-state index contributed by atoms with van der Waals surface area (Å²) in [6.45, 7) is 4.61. The molecule has 2 aromatic carbocycles. The normalized spacial score (nSPS) is 12.7. The Morgan fingerprint density at radius 1 is 1.28 bits per heavy atom. The Balaban J connectivity index is 2.65. The highest BCUT2D eigenvalue weighted by molar-refractivity contribution is 6.35. The first kappa shape index (κ1) is 13.2. The maximum absolute atomic E-state index is 6.32. The molecule has 0 heterocycles.